The summed E-state index contributed by atoms with van der Waals surface area (Å²) >= 11 is 7.18. The number of ether oxygens (including phenoxy) is 1. The Morgan fingerprint density at radius 2 is 1.82 bits per heavy atom. The number of nitrogens with zero attached hydrogens (tertiary/aromatic N) is 2. The molecular weight excluding hydrogens is 474 g/mol. The molecule has 0 aliphatic rings. The Labute approximate surface area is 205 Å². The summed E-state index contributed by atoms with van der Waals surface area (Å²) in [5.41, 5.74) is 2.74. The predicted octanol–water partition coefficient (Wildman–Crippen LogP) is 5.14. The number of nitrogens with one attached hydrogen (secondary N) is 1. The quantitative estimate of drug-likeness (QED) is 0.165. The second kappa shape index (κ2) is 9.87. The summed E-state index contributed by atoms with van der Waals surface area (Å²) in [4.78, 5) is 46.4. The fourth-order valence-electron chi connectivity index (χ4n) is 3.77. The van der Waals surface area contributed by atoms with Gasteiger partial charge in [-0.3, -0.25) is 14.2 Å². The minimum absolute atomic E-state index is 0.0153. The molecule has 4 rings (SSSR count). The second-order valence-corrected chi connectivity index (χ2v) is 8.96. The van der Waals surface area contributed by atoms with E-state index in [1.807, 2.05) is 6.07 Å². The summed E-state index contributed by atoms with van der Waals surface area (Å²) in [6, 6.07) is 13.9. The summed E-state index contributed by atoms with van der Waals surface area (Å²) in [5.74, 6) is -0.666. The molecule has 0 saturated heterocycles. The van der Waals surface area contributed by atoms with Crippen LogP contribution in [0.3, 0.4) is 0 Å². The van der Waals surface area contributed by atoms with E-state index in [0.29, 0.717) is 49.3 Å². The van der Waals surface area contributed by atoms with Gasteiger partial charge in [-0.2, -0.15) is 0 Å². The molecule has 0 unspecified atom stereocenters. The number of hydrogen-bond donors (Lipinski definition) is 1. The zero-order valence-electron chi connectivity index (χ0n) is 18.8. The summed E-state index contributed by atoms with van der Waals surface area (Å²) in [5, 5.41) is 1.40. The molecule has 1 N–H and O–H groups in total. The van der Waals surface area contributed by atoms with E-state index < -0.39 is 5.97 Å². The van der Waals surface area contributed by atoms with Crippen molar-refractivity contribution in [1.82, 2.24) is 14.5 Å². The van der Waals surface area contributed by atoms with Crippen molar-refractivity contribution in [3.8, 4) is 5.69 Å². The first-order valence-corrected chi connectivity index (χ1v) is 12.0. The Hall–Kier alpha value is -3.36. The van der Waals surface area contributed by atoms with Crippen molar-refractivity contribution in [2.45, 2.75) is 25.9 Å². The van der Waals surface area contributed by atoms with Gasteiger partial charge >= 0.3 is 5.97 Å². The lowest BCUT2D eigenvalue weighted by Gasteiger charge is -2.13. The minimum atomic E-state index is -0.465. The number of para-hydroxylation sites is 1. The number of aryl methyl sites for hydroxylation is 1. The third-order valence-electron chi connectivity index (χ3n) is 5.36. The molecule has 174 valence electrons. The summed E-state index contributed by atoms with van der Waals surface area (Å²) in [7, 11) is 0. The fraction of sp³-hybridized carbons (Fsp3) is 0.200. The number of aromatic amines is 1. The molecule has 0 aliphatic heterocycles. The molecule has 0 bridgehead atoms. The van der Waals surface area contributed by atoms with Crippen molar-refractivity contribution in [2.75, 3.05) is 12.4 Å². The second-order valence-electron chi connectivity index (χ2n) is 7.59. The van der Waals surface area contributed by atoms with Gasteiger partial charge in [0.25, 0.3) is 5.56 Å². The van der Waals surface area contributed by atoms with Crippen LogP contribution in [0, 0.1) is 13.8 Å². The monoisotopic (exact) mass is 495 g/mol. The van der Waals surface area contributed by atoms with Crippen LogP contribution in [0.2, 0.25) is 5.02 Å². The van der Waals surface area contributed by atoms with E-state index in [0.717, 1.165) is 11.8 Å². The third-order valence-corrected chi connectivity index (χ3v) is 6.55. The molecule has 0 atom stereocenters. The van der Waals surface area contributed by atoms with Gasteiger partial charge in [-0.15, -0.1) is 0 Å². The van der Waals surface area contributed by atoms with E-state index in [4.69, 9.17) is 16.3 Å². The number of rotatable bonds is 7. The number of benzene rings is 2. The highest BCUT2D eigenvalue weighted by molar-refractivity contribution is 7.99. The maximum Gasteiger partial charge on any atom is 0.340 e. The van der Waals surface area contributed by atoms with Crippen molar-refractivity contribution in [3.05, 3.63) is 86.4 Å². The SMILES string of the molecule is CCOC(=O)c1c(C)[nH]c(C(=O)CSc2nc3ccccc3c(=O)n2-c2ccc(Cl)cc2)c1C. The van der Waals surface area contributed by atoms with Gasteiger partial charge in [0.15, 0.2) is 10.9 Å². The maximum absolute atomic E-state index is 13.3. The molecular formula is C25H22ClN3O4S. The van der Waals surface area contributed by atoms with Crippen LogP contribution in [0.25, 0.3) is 16.6 Å². The number of fused-ring (bicyclic) bond motifs is 1. The smallest absolute Gasteiger partial charge is 0.340 e. The summed E-state index contributed by atoms with van der Waals surface area (Å²) in [6.07, 6.45) is 0. The van der Waals surface area contributed by atoms with Gasteiger partial charge in [-0.05, 0) is 62.7 Å². The Kier molecular flexibility index (Phi) is 6.90. The van der Waals surface area contributed by atoms with Crippen molar-refractivity contribution in [1.29, 1.82) is 0 Å². The number of halogens is 1. The highest BCUT2D eigenvalue weighted by atomic mass is 35.5. The lowest BCUT2D eigenvalue weighted by Crippen LogP contribution is -2.22. The molecule has 2 heterocycles. The molecule has 0 amide bonds. The lowest BCUT2D eigenvalue weighted by atomic mass is 10.1. The standard InChI is InChI=1S/C25H22ClN3O4S/c1-4-33-24(32)21-14(2)22(27-15(21)3)20(30)13-34-25-28-19-8-6-5-7-18(19)23(31)29(25)17-11-9-16(26)10-12-17/h5-12,27H,4,13H2,1-3H3. The van der Waals surface area contributed by atoms with E-state index in [1.165, 1.54) is 4.57 Å². The van der Waals surface area contributed by atoms with Crippen molar-refractivity contribution in [2.24, 2.45) is 0 Å². The van der Waals surface area contributed by atoms with Crippen LogP contribution >= 0.6 is 23.4 Å². The Balaban J connectivity index is 1.70. The highest BCUT2D eigenvalue weighted by Crippen LogP contribution is 2.25. The predicted molar refractivity (Wildman–Crippen MR) is 134 cm³/mol. The topological polar surface area (TPSA) is 94.1 Å². The maximum atomic E-state index is 13.3. The molecule has 4 aromatic rings. The number of thioether (sulfide) groups is 1. The summed E-state index contributed by atoms with van der Waals surface area (Å²) < 4.78 is 6.59. The number of esters is 1. The first-order chi connectivity index (χ1) is 16.3. The Morgan fingerprint density at radius 1 is 1.12 bits per heavy atom. The number of hydrogen-bond acceptors (Lipinski definition) is 6. The van der Waals surface area contributed by atoms with Gasteiger partial charge < -0.3 is 9.72 Å². The van der Waals surface area contributed by atoms with Gasteiger partial charge in [-0.25, -0.2) is 9.78 Å². The Morgan fingerprint density at radius 3 is 2.53 bits per heavy atom. The molecule has 34 heavy (non-hydrogen) atoms. The van der Waals surface area contributed by atoms with Crippen LogP contribution in [0.1, 0.15) is 39.0 Å². The molecule has 0 saturated carbocycles. The van der Waals surface area contributed by atoms with E-state index >= 15 is 0 Å². The van der Waals surface area contributed by atoms with Crippen molar-refractivity contribution >= 4 is 46.0 Å². The van der Waals surface area contributed by atoms with Gasteiger partial charge in [-0.1, -0.05) is 35.5 Å². The van der Waals surface area contributed by atoms with Gasteiger partial charge in [0.2, 0.25) is 0 Å². The van der Waals surface area contributed by atoms with E-state index in [1.54, 1.807) is 63.2 Å². The van der Waals surface area contributed by atoms with E-state index in [2.05, 4.69) is 9.97 Å². The Bertz CT molecular complexity index is 1460. The molecule has 2 aromatic heterocycles. The largest absolute Gasteiger partial charge is 0.462 e. The van der Waals surface area contributed by atoms with Crippen molar-refractivity contribution in [3.63, 3.8) is 0 Å². The molecule has 0 spiro atoms. The van der Waals surface area contributed by atoms with Crippen LogP contribution in [0.5, 0.6) is 0 Å². The molecule has 0 radical (unpaired) electrons. The molecule has 0 fully saturated rings. The number of Topliss-reactive ketones (excluding diaryl/α,β-unsaturated/α-hetero) is 1. The number of carbonyl (C=O) groups excluding carboxylic acids is 2. The molecule has 0 aliphatic carbocycles. The van der Waals surface area contributed by atoms with Gasteiger partial charge in [0.05, 0.1) is 40.2 Å². The average molecular weight is 496 g/mol. The van der Waals surface area contributed by atoms with E-state index in [9.17, 15) is 14.4 Å². The third kappa shape index (κ3) is 4.51. The normalized spacial score (nSPS) is 11.1. The first-order valence-electron chi connectivity index (χ1n) is 10.6. The zero-order valence-corrected chi connectivity index (χ0v) is 20.4. The average Bonchev–Trinajstić information content (AvgIpc) is 3.12. The molecule has 7 nitrogen and oxygen atoms in total. The van der Waals surface area contributed by atoms with Crippen molar-refractivity contribution < 1.29 is 14.3 Å². The molecule has 2 aromatic carbocycles. The lowest BCUT2D eigenvalue weighted by molar-refractivity contribution is 0.0525. The van der Waals surface area contributed by atoms with Gasteiger partial charge in [0, 0.05) is 10.7 Å². The van der Waals surface area contributed by atoms with Crippen LogP contribution in [0.4, 0.5) is 0 Å². The summed E-state index contributed by atoms with van der Waals surface area (Å²) in [6.45, 7) is 5.42. The number of H-pyrrole nitrogens is 1. The molecule has 9 heteroatoms. The number of aromatic nitrogens is 3. The number of ketones is 1. The van der Waals surface area contributed by atoms with Crippen LogP contribution < -0.4 is 5.56 Å². The van der Waals surface area contributed by atoms with Crippen LogP contribution in [0.15, 0.2) is 58.5 Å². The fourth-order valence-corrected chi connectivity index (χ4v) is 4.78. The zero-order chi connectivity index (χ0) is 24.4. The van der Waals surface area contributed by atoms with E-state index in [-0.39, 0.29) is 23.7 Å². The van der Waals surface area contributed by atoms with Gasteiger partial charge in [0.1, 0.15) is 0 Å². The van der Waals surface area contributed by atoms with Crippen LogP contribution in [-0.4, -0.2) is 38.6 Å². The number of carbonyl (C=O) groups is 2. The van der Waals surface area contributed by atoms with Crippen LogP contribution in [-0.2, 0) is 4.74 Å². The first kappa shape index (κ1) is 23.8. The minimum Gasteiger partial charge on any atom is -0.462 e. The highest BCUT2D eigenvalue weighted by Gasteiger charge is 2.23.